The number of carbonyl (C=O) groups is 6. The van der Waals surface area contributed by atoms with Crippen molar-refractivity contribution in [1.82, 2.24) is 26.6 Å². The van der Waals surface area contributed by atoms with Crippen LogP contribution in [0.4, 0.5) is 0 Å². The summed E-state index contributed by atoms with van der Waals surface area (Å²) in [6.45, 7) is 3.38. The van der Waals surface area contributed by atoms with Gasteiger partial charge in [-0.3, -0.25) is 73.4 Å². The van der Waals surface area contributed by atoms with Crippen molar-refractivity contribution < 1.29 is 60.3 Å². The van der Waals surface area contributed by atoms with Crippen LogP contribution in [0.1, 0.15) is 84.0 Å². The van der Waals surface area contributed by atoms with E-state index in [2.05, 4.69) is 53.0 Å². The zero-order valence-electron chi connectivity index (χ0n) is 34.0. The summed E-state index contributed by atoms with van der Waals surface area (Å²) in [6, 6.07) is -6.78. The van der Waals surface area contributed by atoms with E-state index >= 15 is 0 Å². The number of nitrogens with two attached hydrogens (primary N) is 7. The molecule has 0 radical (unpaired) electrons. The monoisotopic (exact) mass is 833 g/mol. The SMILES string of the molecule is C[C@@H](O)[C@H](N)C(=O)N[C@@H](CCCC[NH3+])C(=O)N[C@@H](CCCC[NH3+])C(=O)N[C@@H](CCC[NH+]=C(N)N)C(=O)N[C@@H](CCC[NH+]=C(N)N)C(=O)N[C@H](C=O)CCC[NH+]=C(N)N. The first-order valence-corrected chi connectivity index (χ1v) is 19.8. The standard InChI is InChI=1S/C34H69N17O7/c1-20(53)26(37)31(58)51-23(11-3-5-15-36)29(56)48-22(10-2-4-14-35)28(55)50-25(13-8-18-46-34(42)43)30(57)49-24(12-7-17-45-33(40)41)27(54)47-21(19-52)9-6-16-44-32(38)39/h19-26,53H,2-18,35-37H2,1H3,(H,47,54)(H,48,56)(H,49,57)(H,50,55)(H,51,58)(H4,38,39,44)(H4,40,41,45)(H4,42,43,46)/p+5/t20-,21+,22+,23+,24+,25+,26+/m1/s1. The fourth-order valence-corrected chi connectivity index (χ4v) is 5.52. The number of hydrogen-bond acceptors (Lipinski definition) is 8. The number of hydrogen-bond donors (Lipinski definition) is 18. The van der Waals surface area contributed by atoms with Gasteiger partial charge in [-0.15, -0.1) is 0 Å². The third kappa shape index (κ3) is 24.3. The number of unbranched alkanes of at least 4 members (excludes halogenated alkanes) is 2. The van der Waals surface area contributed by atoms with Crippen molar-refractivity contribution in [2.45, 2.75) is 126 Å². The molecule has 0 heterocycles. The highest BCUT2D eigenvalue weighted by molar-refractivity contribution is 5.96. The Morgan fingerprint density at radius 2 is 0.845 bits per heavy atom. The first-order chi connectivity index (χ1) is 27.5. The van der Waals surface area contributed by atoms with Crippen molar-refractivity contribution >= 4 is 53.7 Å². The summed E-state index contributed by atoms with van der Waals surface area (Å²) in [6.07, 6.45) is 3.55. The molecule has 0 saturated heterocycles. The van der Waals surface area contributed by atoms with Crippen LogP contribution in [0.25, 0.3) is 0 Å². The maximum absolute atomic E-state index is 14.0. The first-order valence-electron chi connectivity index (χ1n) is 19.8. The second kappa shape index (κ2) is 30.8. The number of carbonyl (C=O) groups excluding carboxylic acids is 6. The van der Waals surface area contributed by atoms with Crippen LogP contribution >= 0.6 is 0 Å². The van der Waals surface area contributed by atoms with Gasteiger partial charge in [-0.2, -0.15) is 0 Å². The van der Waals surface area contributed by atoms with Crippen LogP contribution in [0.5, 0.6) is 0 Å². The molecule has 0 spiro atoms. The van der Waals surface area contributed by atoms with Crippen LogP contribution in [0.3, 0.4) is 0 Å². The Balaban J connectivity index is 6.46. The van der Waals surface area contributed by atoms with E-state index in [1.807, 2.05) is 0 Å². The maximum Gasteiger partial charge on any atom is 0.338 e. The van der Waals surface area contributed by atoms with E-state index in [0.717, 1.165) is 0 Å². The molecule has 0 aromatic heterocycles. The normalized spacial score (nSPS) is 14.4. The number of nitrogens with one attached hydrogen (secondary N) is 8. The van der Waals surface area contributed by atoms with Gasteiger partial charge in [-0.1, -0.05) is 0 Å². The van der Waals surface area contributed by atoms with Crippen molar-refractivity contribution in [1.29, 1.82) is 0 Å². The number of aliphatic hydroxyl groups is 1. The van der Waals surface area contributed by atoms with Gasteiger partial charge in [0.1, 0.15) is 36.5 Å². The van der Waals surface area contributed by atoms with Gasteiger partial charge in [0.15, 0.2) is 0 Å². The Morgan fingerprint density at radius 1 is 0.534 bits per heavy atom. The Kier molecular flexibility index (Phi) is 27.9. The van der Waals surface area contributed by atoms with Gasteiger partial charge in [-0.05, 0) is 84.0 Å². The molecule has 0 aromatic carbocycles. The molecule has 332 valence electrons. The average molecular weight is 833 g/mol. The second-order valence-corrected chi connectivity index (χ2v) is 14.0. The van der Waals surface area contributed by atoms with Crippen LogP contribution in [0, 0.1) is 0 Å². The molecule has 24 heteroatoms. The molecule has 0 aromatic rings. The van der Waals surface area contributed by atoms with E-state index in [9.17, 15) is 33.9 Å². The number of guanidine groups is 3. The van der Waals surface area contributed by atoms with Gasteiger partial charge in [0.2, 0.25) is 29.5 Å². The minimum Gasteiger partial charge on any atom is -0.391 e. The highest BCUT2D eigenvalue weighted by Gasteiger charge is 2.32. The molecule has 0 aliphatic carbocycles. The molecule has 0 saturated carbocycles. The lowest BCUT2D eigenvalue weighted by atomic mass is 10.0. The highest BCUT2D eigenvalue weighted by atomic mass is 16.3. The van der Waals surface area contributed by atoms with Gasteiger partial charge >= 0.3 is 17.9 Å². The quantitative estimate of drug-likeness (QED) is 0.0130. The molecule has 0 fully saturated rings. The predicted octanol–water partition coefficient (Wildman–Crippen LogP) is -13.5. The smallest absolute Gasteiger partial charge is 0.338 e. The third-order valence-electron chi connectivity index (χ3n) is 8.85. The second-order valence-electron chi connectivity index (χ2n) is 14.0. The molecule has 0 unspecified atom stereocenters. The summed E-state index contributed by atoms with van der Waals surface area (Å²) in [5.74, 6) is -3.52. The van der Waals surface area contributed by atoms with Gasteiger partial charge in [0.05, 0.1) is 44.9 Å². The molecule has 0 bridgehead atoms. The summed E-state index contributed by atoms with van der Waals surface area (Å²) < 4.78 is 0. The Morgan fingerprint density at radius 3 is 1.16 bits per heavy atom. The maximum atomic E-state index is 14.0. The van der Waals surface area contributed by atoms with Gasteiger partial charge in [-0.25, -0.2) is 0 Å². The third-order valence-corrected chi connectivity index (χ3v) is 8.85. The van der Waals surface area contributed by atoms with Crippen LogP contribution in [-0.2, 0) is 28.8 Å². The number of aldehydes is 1. The molecular weight excluding hydrogens is 758 g/mol. The number of amides is 5. The van der Waals surface area contributed by atoms with E-state index in [-0.39, 0.29) is 69.5 Å². The first kappa shape index (κ1) is 52.7. The zero-order valence-corrected chi connectivity index (χ0v) is 34.0. The predicted molar refractivity (Wildman–Crippen MR) is 214 cm³/mol. The lowest BCUT2D eigenvalue weighted by Gasteiger charge is -2.27. The molecule has 7 atom stereocenters. The number of aliphatic hydroxyl groups excluding tert-OH is 1. The van der Waals surface area contributed by atoms with Gasteiger partial charge in [0, 0.05) is 0 Å². The van der Waals surface area contributed by atoms with Crippen molar-refractivity contribution in [2.24, 2.45) is 40.1 Å². The van der Waals surface area contributed by atoms with Crippen LogP contribution in [-0.4, -0.2) is 134 Å². The molecular formula is C34H74N17O7+5. The molecule has 29 N–H and O–H groups in total. The van der Waals surface area contributed by atoms with E-state index in [0.29, 0.717) is 64.4 Å². The molecule has 0 aliphatic heterocycles. The summed E-state index contributed by atoms with van der Waals surface area (Å²) in [5, 5.41) is 23.2. The fraction of sp³-hybridized carbons (Fsp3) is 0.735. The van der Waals surface area contributed by atoms with E-state index < -0.39 is 71.9 Å². The molecule has 0 rings (SSSR count). The lowest BCUT2D eigenvalue weighted by Crippen LogP contribution is -2.78. The average Bonchev–Trinajstić information content (AvgIpc) is 3.16. The zero-order chi connectivity index (χ0) is 44.0. The Labute approximate surface area is 339 Å². The number of quaternary nitrogens is 2. The van der Waals surface area contributed by atoms with Gasteiger partial charge in [0.25, 0.3) is 0 Å². The van der Waals surface area contributed by atoms with E-state index in [1.165, 1.54) is 6.92 Å². The summed E-state index contributed by atoms with van der Waals surface area (Å²) in [7, 11) is 0. The van der Waals surface area contributed by atoms with Gasteiger partial charge < -0.3 is 53.7 Å². The Bertz CT molecular complexity index is 1350. The van der Waals surface area contributed by atoms with Crippen molar-refractivity contribution in [3.8, 4) is 0 Å². The van der Waals surface area contributed by atoms with Crippen LogP contribution in [0.15, 0.2) is 0 Å². The van der Waals surface area contributed by atoms with Crippen molar-refractivity contribution in [3.05, 3.63) is 0 Å². The van der Waals surface area contributed by atoms with E-state index in [1.54, 1.807) is 0 Å². The van der Waals surface area contributed by atoms with Crippen molar-refractivity contribution in [2.75, 3.05) is 32.7 Å². The molecule has 58 heavy (non-hydrogen) atoms. The van der Waals surface area contributed by atoms with Crippen LogP contribution < -0.4 is 93.2 Å². The minimum absolute atomic E-state index is 0.0136. The van der Waals surface area contributed by atoms with E-state index in [4.69, 9.17) is 40.1 Å². The molecule has 5 amide bonds. The molecule has 24 nitrogen and oxygen atoms in total. The molecule has 0 aliphatic rings. The fourth-order valence-electron chi connectivity index (χ4n) is 5.52. The minimum atomic E-state index is -1.29. The van der Waals surface area contributed by atoms with Crippen molar-refractivity contribution in [3.63, 3.8) is 0 Å². The summed E-state index contributed by atoms with van der Waals surface area (Å²) in [4.78, 5) is 88.0. The lowest BCUT2D eigenvalue weighted by molar-refractivity contribution is -0.460. The topological polar surface area (TPSA) is 462 Å². The highest BCUT2D eigenvalue weighted by Crippen LogP contribution is 2.08. The largest absolute Gasteiger partial charge is 0.391 e. The van der Waals surface area contributed by atoms with Crippen LogP contribution in [0.2, 0.25) is 0 Å². The number of rotatable bonds is 32. The summed E-state index contributed by atoms with van der Waals surface area (Å²) in [5.41, 5.74) is 46.3. The Hall–Kier alpha value is -5.33. The summed E-state index contributed by atoms with van der Waals surface area (Å²) >= 11 is 0.